The number of fused-ring (bicyclic) bond motifs is 2. The monoisotopic (exact) mass is 392 g/mol. The average molecular weight is 392 g/mol. The number of nitrogens with zero attached hydrogens (tertiary/aromatic N) is 4. The number of rotatable bonds is 3. The number of hydrogen-bond donors (Lipinski definition) is 0. The second-order valence-electron chi connectivity index (χ2n) is 7.14. The predicted molar refractivity (Wildman–Crippen MR) is 108 cm³/mol. The van der Waals surface area contributed by atoms with Crippen molar-refractivity contribution < 1.29 is 8.42 Å². The van der Waals surface area contributed by atoms with Crippen LogP contribution in [0.4, 0.5) is 0 Å². The van der Waals surface area contributed by atoms with Crippen molar-refractivity contribution in [2.24, 2.45) is 0 Å². The van der Waals surface area contributed by atoms with Crippen LogP contribution < -0.4 is 0 Å². The summed E-state index contributed by atoms with van der Waals surface area (Å²) in [7, 11) is -3.57. The minimum absolute atomic E-state index is 0.275. The van der Waals surface area contributed by atoms with E-state index in [-0.39, 0.29) is 10.8 Å². The highest BCUT2D eigenvalue weighted by Gasteiger charge is 2.32. The first-order valence-corrected chi connectivity index (χ1v) is 10.8. The maximum Gasteiger partial charge on any atom is 0.245 e. The number of aromatic nitrogens is 3. The SMILES string of the molecule is O=S(=O)(c1cccc2cccnc12)N1CCC(c2cn3ccccc3n2)CC1. The lowest BCUT2D eigenvalue weighted by atomic mass is 9.95. The van der Waals surface area contributed by atoms with Gasteiger partial charge in [-0.1, -0.05) is 24.3 Å². The van der Waals surface area contributed by atoms with Gasteiger partial charge in [0.05, 0.1) is 11.2 Å². The molecular weight excluding hydrogens is 372 g/mol. The lowest BCUT2D eigenvalue weighted by molar-refractivity contribution is 0.317. The zero-order chi connectivity index (χ0) is 19.1. The van der Waals surface area contributed by atoms with Crippen molar-refractivity contribution in [1.29, 1.82) is 0 Å². The summed E-state index contributed by atoms with van der Waals surface area (Å²) in [5, 5.41) is 0.836. The first-order chi connectivity index (χ1) is 13.6. The molecule has 0 amide bonds. The highest BCUT2D eigenvalue weighted by Crippen LogP contribution is 2.32. The van der Waals surface area contributed by atoms with Gasteiger partial charge in [-0.3, -0.25) is 4.98 Å². The van der Waals surface area contributed by atoms with Crippen LogP contribution in [0.1, 0.15) is 24.5 Å². The number of sulfonamides is 1. The van der Waals surface area contributed by atoms with E-state index < -0.39 is 10.0 Å². The van der Waals surface area contributed by atoms with Crippen molar-refractivity contribution in [3.63, 3.8) is 0 Å². The molecule has 1 saturated heterocycles. The number of benzene rings is 1. The maximum absolute atomic E-state index is 13.3. The van der Waals surface area contributed by atoms with Gasteiger partial charge >= 0.3 is 0 Å². The molecule has 1 aliphatic heterocycles. The quantitative estimate of drug-likeness (QED) is 0.536. The van der Waals surface area contributed by atoms with E-state index in [2.05, 4.69) is 11.2 Å². The third kappa shape index (κ3) is 2.87. The van der Waals surface area contributed by atoms with Crippen LogP contribution in [0.25, 0.3) is 16.6 Å². The topological polar surface area (TPSA) is 67.6 Å². The van der Waals surface area contributed by atoms with E-state index in [0.717, 1.165) is 29.6 Å². The minimum Gasteiger partial charge on any atom is -0.307 e. The minimum atomic E-state index is -3.57. The molecule has 6 nitrogen and oxygen atoms in total. The van der Waals surface area contributed by atoms with Gasteiger partial charge in [0.2, 0.25) is 10.0 Å². The van der Waals surface area contributed by atoms with Gasteiger partial charge in [0, 0.05) is 43.0 Å². The Hall–Kier alpha value is -2.77. The van der Waals surface area contributed by atoms with E-state index in [1.165, 1.54) is 0 Å². The van der Waals surface area contributed by atoms with E-state index in [9.17, 15) is 8.42 Å². The summed E-state index contributed by atoms with van der Waals surface area (Å²) < 4.78 is 30.1. The second-order valence-corrected chi connectivity index (χ2v) is 9.05. The molecule has 142 valence electrons. The fourth-order valence-electron chi connectivity index (χ4n) is 3.97. The maximum atomic E-state index is 13.3. The van der Waals surface area contributed by atoms with E-state index in [1.807, 2.05) is 47.0 Å². The average Bonchev–Trinajstić information content (AvgIpc) is 3.18. The molecule has 3 aromatic heterocycles. The zero-order valence-corrected chi connectivity index (χ0v) is 16.1. The first kappa shape index (κ1) is 17.3. The molecule has 0 radical (unpaired) electrons. The van der Waals surface area contributed by atoms with Gasteiger partial charge in [0.15, 0.2) is 0 Å². The molecule has 7 heteroatoms. The lowest BCUT2D eigenvalue weighted by Gasteiger charge is -2.30. The molecule has 0 unspecified atom stereocenters. The Balaban J connectivity index is 1.40. The van der Waals surface area contributed by atoms with Crippen LogP contribution in [0.5, 0.6) is 0 Å². The van der Waals surface area contributed by atoms with Crippen molar-refractivity contribution >= 4 is 26.6 Å². The Bertz CT molecular complexity index is 1220. The van der Waals surface area contributed by atoms with Crippen molar-refractivity contribution in [2.75, 3.05) is 13.1 Å². The van der Waals surface area contributed by atoms with Crippen LogP contribution >= 0.6 is 0 Å². The lowest BCUT2D eigenvalue weighted by Crippen LogP contribution is -2.38. The number of imidazole rings is 1. The summed E-state index contributed by atoms with van der Waals surface area (Å²) in [6.45, 7) is 0.980. The van der Waals surface area contributed by atoms with Gasteiger partial charge < -0.3 is 4.40 Å². The summed E-state index contributed by atoms with van der Waals surface area (Å²) in [4.78, 5) is 9.31. The van der Waals surface area contributed by atoms with Crippen LogP contribution in [0.15, 0.2) is 72.0 Å². The molecule has 4 aromatic rings. The van der Waals surface area contributed by atoms with Crippen molar-refractivity contribution in [3.8, 4) is 0 Å². The van der Waals surface area contributed by atoms with Crippen molar-refractivity contribution in [1.82, 2.24) is 18.7 Å². The second kappa shape index (κ2) is 6.68. The molecule has 0 aliphatic carbocycles. The fraction of sp³-hybridized carbons (Fsp3) is 0.238. The molecule has 0 N–H and O–H groups in total. The Morgan fingerprint density at radius 1 is 0.964 bits per heavy atom. The van der Waals surface area contributed by atoms with Gasteiger partial charge in [-0.05, 0) is 37.1 Å². The first-order valence-electron chi connectivity index (χ1n) is 9.40. The standard InChI is InChI=1S/C21H20N4O2S/c26-28(27,19-7-3-5-17-6-4-11-22-21(17)19)25-13-9-16(10-14-25)18-15-24-12-2-1-8-20(24)23-18/h1-8,11-12,15-16H,9-10,13-14H2. The molecule has 1 aromatic carbocycles. The highest BCUT2D eigenvalue weighted by molar-refractivity contribution is 7.89. The van der Waals surface area contributed by atoms with Crippen LogP contribution in [0, 0.1) is 0 Å². The van der Waals surface area contributed by atoms with Gasteiger partial charge in [-0.15, -0.1) is 0 Å². The van der Waals surface area contributed by atoms with E-state index >= 15 is 0 Å². The molecule has 0 bridgehead atoms. The van der Waals surface area contributed by atoms with E-state index in [4.69, 9.17) is 4.98 Å². The third-order valence-electron chi connectivity index (χ3n) is 5.47. The summed E-state index contributed by atoms with van der Waals surface area (Å²) >= 11 is 0. The van der Waals surface area contributed by atoms with E-state index in [0.29, 0.717) is 18.6 Å². The molecule has 0 saturated carbocycles. The van der Waals surface area contributed by atoms with Gasteiger partial charge in [0.25, 0.3) is 0 Å². The molecular formula is C21H20N4O2S. The highest BCUT2D eigenvalue weighted by atomic mass is 32.2. The normalized spacial score (nSPS) is 16.7. The smallest absolute Gasteiger partial charge is 0.245 e. The van der Waals surface area contributed by atoms with E-state index in [1.54, 1.807) is 22.6 Å². The Labute approximate surface area is 163 Å². The Morgan fingerprint density at radius 3 is 2.61 bits per heavy atom. The molecule has 4 heterocycles. The van der Waals surface area contributed by atoms with Crippen LogP contribution in [0.3, 0.4) is 0 Å². The van der Waals surface area contributed by atoms with Gasteiger partial charge in [-0.25, -0.2) is 13.4 Å². The van der Waals surface area contributed by atoms with Crippen LogP contribution in [-0.2, 0) is 10.0 Å². The summed E-state index contributed by atoms with van der Waals surface area (Å²) in [5.41, 5.74) is 2.50. The predicted octanol–water partition coefficient (Wildman–Crippen LogP) is 3.45. The van der Waals surface area contributed by atoms with Crippen molar-refractivity contribution in [3.05, 3.63) is 72.8 Å². The molecule has 1 aliphatic rings. The Kier molecular flexibility index (Phi) is 4.14. The largest absolute Gasteiger partial charge is 0.307 e. The number of para-hydroxylation sites is 1. The molecule has 5 rings (SSSR count). The number of hydrogen-bond acceptors (Lipinski definition) is 4. The molecule has 1 fully saturated rings. The molecule has 0 spiro atoms. The zero-order valence-electron chi connectivity index (χ0n) is 15.3. The molecule has 28 heavy (non-hydrogen) atoms. The van der Waals surface area contributed by atoms with Gasteiger partial charge in [0.1, 0.15) is 10.5 Å². The van der Waals surface area contributed by atoms with Gasteiger partial charge in [-0.2, -0.15) is 4.31 Å². The van der Waals surface area contributed by atoms with Crippen LogP contribution in [0.2, 0.25) is 0 Å². The summed E-state index contributed by atoms with van der Waals surface area (Å²) in [6.07, 6.45) is 7.21. The number of piperidine rings is 1. The summed E-state index contributed by atoms with van der Waals surface area (Å²) in [5.74, 6) is 0.275. The van der Waals surface area contributed by atoms with Crippen molar-refractivity contribution in [2.45, 2.75) is 23.7 Å². The summed E-state index contributed by atoms with van der Waals surface area (Å²) in [6, 6.07) is 15.0. The van der Waals surface area contributed by atoms with Crippen LogP contribution in [-0.4, -0.2) is 40.2 Å². The number of pyridine rings is 2. The third-order valence-corrected chi connectivity index (χ3v) is 7.40. The fourth-order valence-corrected chi connectivity index (χ4v) is 5.60. The molecule has 0 atom stereocenters. The Morgan fingerprint density at radius 2 is 1.79 bits per heavy atom.